The number of carbonyl (C=O) groups is 1. The zero-order valence-electron chi connectivity index (χ0n) is 7.05. The van der Waals surface area contributed by atoms with Crippen LogP contribution in [0.4, 0.5) is 0 Å². The van der Waals surface area contributed by atoms with Crippen LogP contribution >= 0.6 is 0 Å². The van der Waals surface area contributed by atoms with Gasteiger partial charge < -0.3 is 10.2 Å². The number of hydrogen-bond donors (Lipinski definition) is 1. The van der Waals surface area contributed by atoms with Crippen LogP contribution in [0, 0.1) is 0 Å². The molecule has 4 nitrogen and oxygen atoms in total. The molecule has 0 aromatic rings. The average Bonchev–Trinajstić information content (AvgIpc) is 2.65. The van der Waals surface area contributed by atoms with Crippen molar-refractivity contribution in [1.29, 1.82) is 0 Å². The molecule has 0 atom stereocenters. The van der Waals surface area contributed by atoms with Crippen LogP contribution in [0.1, 0.15) is 12.8 Å². The normalized spacial score (nSPS) is 22.8. The van der Waals surface area contributed by atoms with Crippen LogP contribution in [0.2, 0.25) is 0 Å². The molecule has 2 aliphatic heterocycles. The highest BCUT2D eigenvalue weighted by Crippen LogP contribution is 2.08. The first-order valence-corrected chi connectivity index (χ1v) is 4.41. The Bertz CT molecular complexity index is 224. The van der Waals surface area contributed by atoms with Gasteiger partial charge in [-0.1, -0.05) is 0 Å². The summed E-state index contributed by atoms with van der Waals surface area (Å²) in [7, 11) is 0. The maximum atomic E-state index is 11.2. The smallest absolute Gasteiger partial charge is 0.223 e. The van der Waals surface area contributed by atoms with Gasteiger partial charge in [-0.25, -0.2) is 0 Å². The fourth-order valence-electron chi connectivity index (χ4n) is 1.60. The molecule has 1 saturated heterocycles. The van der Waals surface area contributed by atoms with Crippen LogP contribution < -0.4 is 5.32 Å². The highest BCUT2D eigenvalue weighted by atomic mass is 16.2. The largest absolute Gasteiger partial charge is 0.370 e. The second kappa shape index (κ2) is 3.13. The number of likely N-dealkylation sites (tertiary alicyclic amines) is 1. The number of carbonyl (C=O) groups excluding carboxylic acids is 1. The molecule has 66 valence electrons. The number of aliphatic imine (C=N–C) groups is 1. The van der Waals surface area contributed by atoms with Gasteiger partial charge in [0.15, 0.2) is 0 Å². The summed E-state index contributed by atoms with van der Waals surface area (Å²) >= 11 is 0. The van der Waals surface area contributed by atoms with Crippen LogP contribution in [-0.4, -0.2) is 42.8 Å². The Morgan fingerprint density at radius 1 is 1.58 bits per heavy atom. The third kappa shape index (κ3) is 1.42. The quantitative estimate of drug-likeness (QED) is 0.608. The Morgan fingerprint density at radius 2 is 2.50 bits per heavy atom. The Morgan fingerprint density at radius 3 is 3.08 bits per heavy atom. The fraction of sp³-hybridized carbons (Fsp3) is 0.750. The number of nitrogens with zero attached hydrogens (tertiary/aromatic N) is 2. The van der Waals surface area contributed by atoms with Crippen LogP contribution in [0.3, 0.4) is 0 Å². The number of hydrogen-bond acceptors (Lipinski definition) is 3. The summed E-state index contributed by atoms with van der Waals surface area (Å²) in [4.78, 5) is 17.3. The molecule has 0 aromatic heterocycles. The molecule has 12 heavy (non-hydrogen) atoms. The Hall–Kier alpha value is -1.06. The van der Waals surface area contributed by atoms with Crippen molar-refractivity contribution in [2.24, 2.45) is 4.99 Å². The van der Waals surface area contributed by atoms with E-state index in [0.717, 1.165) is 31.9 Å². The topological polar surface area (TPSA) is 44.7 Å². The molecular formula is C8H13N3O. The second-order valence-corrected chi connectivity index (χ2v) is 3.17. The Labute approximate surface area is 71.6 Å². The first-order valence-electron chi connectivity index (χ1n) is 4.41. The lowest BCUT2D eigenvalue weighted by molar-refractivity contribution is -0.127. The van der Waals surface area contributed by atoms with Gasteiger partial charge >= 0.3 is 0 Å². The van der Waals surface area contributed by atoms with Gasteiger partial charge in [0.2, 0.25) is 5.91 Å². The van der Waals surface area contributed by atoms with Gasteiger partial charge in [-0.15, -0.1) is 0 Å². The predicted molar refractivity (Wildman–Crippen MR) is 46.1 cm³/mol. The summed E-state index contributed by atoms with van der Waals surface area (Å²) in [5.41, 5.74) is 0. The van der Waals surface area contributed by atoms with Gasteiger partial charge in [0.25, 0.3) is 0 Å². The highest BCUT2D eigenvalue weighted by Gasteiger charge is 2.21. The highest BCUT2D eigenvalue weighted by molar-refractivity contribution is 5.90. The maximum absolute atomic E-state index is 11.2. The maximum Gasteiger partial charge on any atom is 0.223 e. The number of rotatable bonds is 2. The number of nitrogens with one attached hydrogen (secondary N) is 1. The molecule has 0 aromatic carbocycles. The van der Waals surface area contributed by atoms with E-state index in [2.05, 4.69) is 10.3 Å². The zero-order chi connectivity index (χ0) is 8.39. The van der Waals surface area contributed by atoms with Crippen molar-refractivity contribution in [3.63, 3.8) is 0 Å². The molecule has 2 aliphatic rings. The van der Waals surface area contributed by atoms with Gasteiger partial charge in [-0.3, -0.25) is 9.79 Å². The van der Waals surface area contributed by atoms with Crippen molar-refractivity contribution in [3.05, 3.63) is 0 Å². The van der Waals surface area contributed by atoms with Crippen LogP contribution in [-0.2, 0) is 4.79 Å². The SMILES string of the molecule is O=C1CCCN1CC1=NCCN1. The van der Waals surface area contributed by atoms with E-state index < -0.39 is 0 Å². The van der Waals surface area contributed by atoms with Crippen molar-refractivity contribution < 1.29 is 4.79 Å². The molecule has 0 aliphatic carbocycles. The van der Waals surface area contributed by atoms with Crippen molar-refractivity contribution in [1.82, 2.24) is 10.2 Å². The summed E-state index contributed by atoms with van der Waals surface area (Å²) in [5, 5.41) is 3.16. The number of amides is 1. The molecule has 2 rings (SSSR count). The van der Waals surface area contributed by atoms with Crippen molar-refractivity contribution in [3.8, 4) is 0 Å². The van der Waals surface area contributed by atoms with E-state index in [1.54, 1.807) is 0 Å². The minimum atomic E-state index is 0.270. The van der Waals surface area contributed by atoms with Gasteiger partial charge in [0.05, 0.1) is 13.1 Å². The van der Waals surface area contributed by atoms with Crippen molar-refractivity contribution in [2.75, 3.05) is 26.2 Å². The van der Waals surface area contributed by atoms with E-state index in [0.29, 0.717) is 13.0 Å². The molecule has 0 spiro atoms. The Kier molecular flexibility index (Phi) is 1.98. The van der Waals surface area contributed by atoms with Gasteiger partial charge in [-0.05, 0) is 6.42 Å². The van der Waals surface area contributed by atoms with E-state index in [9.17, 15) is 4.79 Å². The van der Waals surface area contributed by atoms with Gasteiger partial charge in [0, 0.05) is 19.5 Å². The molecule has 1 fully saturated rings. The summed E-state index contributed by atoms with van der Waals surface area (Å²) in [5.74, 6) is 1.25. The Balaban J connectivity index is 1.89. The number of amidine groups is 1. The molecule has 1 amide bonds. The molecule has 0 radical (unpaired) electrons. The fourth-order valence-corrected chi connectivity index (χ4v) is 1.60. The lowest BCUT2D eigenvalue weighted by Gasteiger charge is -2.14. The van der Waals surface area contributed by atoms with Crippen LogP contribution in [0.25, 0.3) is 0 Å². The minimum Gasteiger partial charge on any atom is -0.370 e. The summed E-state index contributed by atoms with van der Waals surface area (Å²) in [6.07, 6.45) is 1.72. The van der Waals surface area contributed by atoms with E-state index in [4.69, 9.17) is 0 Å². The third-order valence-corrected chi connectivity index (χ3v) is 2.26. The monoisotopic (exact) mass is 167 g/mol. The van der Waals surface area contributed by atoms with Crippen molar-refractivity contribution >= 4 is 11.7 Å². The predicted octanol–water partition coefficient (Wildman–Crippen LogP) is -0.389. The lowest BCUT2D eigenvalue weighted by atomic mass is 10.4. The summed E-state index contributed by atoms with van der Waals surface area (Å²) in [6.45, 7) is 3.38. The minimum absolute atomic E-state index is 0.270. The summed E-state index contributed by atoms with van der Waals surface area (Å²) < 4.78 is 0. The molecule has 0 saturated carbocycles. The van der Waals surface area contributed by atoms with E-state index in [1.807, 2.05) is 4.90 Å². The van der Waals surface area contributed by atoms with Gasteiger partial charge in [0.1, 0.15) is 5.84 Å². The lowest BCUT2D eigenvalue weighted by Crippen LogP contribution is -2.35. The molecule has 4 heteroatoms. The van der Waals surface area contributed by atoms with E-state index in [-0.39, 0.29) is 5.91 Å². The average molecular weight is 167 g/mol. The first-order chi connectivity index (χ1) is 5.86. The standard InChI is InChI=1S/C8H13N3O/c12-8-2-1-5-11(8)6-7-9-3-4-10-7/h1-6H2,(H,9,10). The molecular weight excluding hydrogens is 154 g/mol. The first kappa shape index (κ1) is 7.58. The van der Waals surface area contributed by atoms with Gasteiger partial charge in [-0.2, -0.15) is 0 Å². The zero-order valence-corrected chi connectivity index (χ0v) is 7.05. The third-order valence-electron chi connectivity index (χ3n) is 2.26. The van der Waals surface area contributed by atoms with Crippen LogP contribution in [0.15, 0.2) is 4.99 Å². The molecule has 1 N–H and O–H groups in total. The van der Waals surface area contributed by atoms with Crippen LogP contribution in [0.5, 0.6) is 0 Å². The molecule has 0 bridgehead atoms. The molecule has 2 heterocycles. The van der Waals surface area contributed by atoms with E-state index in [1.165, 1.54) is 0 Å². The summed E-state index contributed by atoms with van der Waals surface area (Å²) in [6, 6.07) is 0. The molecule has 0 unspecified atom stereocenters. The second-order valence-electron chi connectivity index (χ2n) is 3.17. The van der Waals surface area contributed by atoms with E-state index >= 15 is 0 Å². The van der Waals surface area contributed by atoms with Crippen molar-refractivity contribution in [2.45, 2.75) is 12.8 Å².